The Morgan fingerprint density at radius 3 is 2.50 bits per heavy atom. The van der Waals surface area contributed by atoms with Crippen molar-refractivity contribution in [1.82, 2.24) is 24.8 Å². The molecule has 3 aromatic rings. The Balaban J connectivity index is 1.86. The lowest BCUT2D eigenvalue weighted by molar-refractivity contribution is 0.0743. The van der Waals surface area contributed by atoms with Gasteiger partial charge in [-0.05, 0) is 32.0 Å². The summed E-state index contributed by atoms with van der Waals surface area (Å²) in [6.45, 7) is 3.78. The van der Waals surface area contributed by atoms with Crippen molar-refractivity contribution in [2.75, 3.05) is 7.05 Å². The third-order valence-electron chi connectivity index (χ3n) is 3.76. The summed E-state index contributed by atoms with van der Waals surface area (Å²) >= 11 is 1.31. The molecule has 0 aromatic carbocycles. The number of aromatic nitrogens is 4. The number of hydrogen-bond donors (Lipinski definition) is 0. The summed E-state index contributed by atoms with van der Waals surface area (Å²) in [7, 11) is 1.78. The lowest BCUT2D eigenvalue weighted by atomic mass is 10.2. The van der Waals surface area contributed by atoms with Crippen LogP contribution in [0.1, 0.15) is 34.0 Å². The Morgan fingerprint density at radius 1 is 1.12 bits per heavy atom. The van der Waals surface area contributed by atoms with Crippen molar-refractivity contribution in [3.8, 4) is 10.8 Å². The highest BCUT2D eigenvalue weighted by Gasteiger charge is 2.24. The second kappa shape index (κ2) is 6.84. The molecule has 0 spiro atoms. The lowest BCUT2D eigenvalue weighted by Gasteiger charge is -2.24. The van der Waals surface area contributed by atoms with Crippen LogP contribution in [0.25, 0.3) is 10.8 Å². The summed E-state index contributed by atoms with van der Waals surface area (Å²) in [5, 5.41) is 0.648. The second-order valence-corrected chi connectivity index (χ2v) is 6.35. The van der Waals surface area contributed by atoms with Crippen molar-refractivity contribution in [2.45, 2.75) is 19.9 Å². The van der Waals surface area contributed by atoms with Gasteiger partial charge < -0.3 is 4.90 Å². The Morgan fingerprint density at radius 2 is 1.83 bits per heavy atom. The van der Waals surface area contributed by atoms with Crippen LogP contribution < -0.4 is 0 Å². The number of amides is 1. The van der Waals surface area contributed by atoms with Crippen LogP contribution in [0.2, 0.25) is 0 Å². The standard InChI is InChI=1S/C17H17N5OS/c1-11-14(24-16(21-11)15-19-9-6-10-20-15)17(23)22(3)12(2)13-7-4-5-8-18-13/h4-10,12H,1-3H3/t12-/m0/s1. The van der Waals surface area contributed by atoms with Crippen LogP contribution in [0.4, 0.5) is 0 Å². The van der Waals surface area contributed by atoms with Crippen LogP contribution in [-0.4, -0.2) is 37.8 Å². The molecular formula is C17H17N5OS. The maximum atomic E-state index is 12.9. The molecule has 3 aromatic heterocycles. The zero-order chi connectivity index (χ0) is 17.1. The largest absolute Gasteiger partial charge is 0.333 e. The van der Waals surface area contributed by atoms with E-state index in [2.05, 4.69) is 19.9 Å². The first-order valence-corrected chi connectivity index (χ1v) is 8.32. The number of pyridine rings is 1. The quantitative estimate of drug-likeness (QED) is 0.730. The monoisotopic (exact) mass is 339 g/mol. The minimum Gasteiger partial charge on any atom is -0.333 e. The van der Waals surface area contributed by atoms with Crippen molar-refractivity contribution >= 4 is 17.2 Å². The minimum atomic E-state index is -0.128. The van der Waals surface area contributed by atoms with Gasteiger partial charge in [0.2, 0.25) is 0 Å². The molecule has 1 atom stereocenters. The molecule has 122 valence electrons. The third kappa shape index (κ3) is 3.16. The van der Waals surface area contributed by atoms with Crippen molar-refractivity contribution in [2.24, 2.45) is 0 Å². The smallest absolute Gasteiger partial charge is 0.266 e. The predicted molar refractivity (Wildman–Crippen MR) is 92.6 cm³/mol. The van der Waals surface area contributed by atoms with Gasteiger partial charge in [-0.15, -0.1) is 11.3 Å². The highest BCUT2D eigenvalue weighted by Crippen LogP contribution is 2.28. The van der Waals surface area contributed by atoms with Gasteiger partial charge in [-0.2, -0.15) is 0 Å². The Hall–Kier alpha value is -2.67. The van der Waals surface area contributed by atoms with Gasteiger partial charge in [0, 0.05) is 25.6 Å². The average Bonchev–Trinajstić information content (AvgIpc) is 3.03. The molecule has 0 radical (unpaired) electrons. The third-order valence-corrected chi connectivity index (χ3v) is 4.91. The molecule has 0 aliphatic rings. The van der Waals surface area contributed by atoms with E-state index in [4.69, 9.17) is 0 Å². The highest BCUT2D eigenvalue weighted by molar-refractivity contribution is 7.17. The molecule has 0 fully saturated rings. The van der Waals surface area contributed by atoms with Crippen molar-refractivity contribution in [3.63, 3.8) is 0 Å². The number of carbonyl (C=O) groups is 1. The first-order valence-electron chi connectivity index (χ1n) is 7.51. The molecule has 7 heteroatoms. The van der Waals surface area contributed by atoms with Gasteiger partial charge in [0.15, 0.2) is 10.8 Å². The summed E-state index contributed by atoms with van der Waals surface area (Å²) < 4.78 is 0. The maximum Gasteiger partial charge on any atom is 0.266 e. The van der Waals surface area contributed by atoms with Crippen LogP contribution in [0.15, 0.2) is 42.9 Å². The molecule has 3 rings (SSSR count). The summed E-state index contributed by atoms with van der Waals surface area (Å²) in [5.74, 6) is 0.454. The van der Waals surface area contributed by atoms with Crippen LogP contribution in [0.5, 0.6) is 0 Å². The number of carbonyl (C=O) groups excluding carboxylic acids is 1. The van der Waals surface area contributed by atoms with E-state index in [9.17, 15) is 4.79 Å². The summed E-state index contributed by atoms with van der Waals surface area (Å²) in [6.07, 6.45) is 5.05. The van der Waals surface area contributed by atoms with E-state index in [1.165, 1.54) is 11.3 Å². The molecule has 24 heavy (non-hydrogen) atoms. The zero-order valence-electron chi connectivity index (χ0n) is 13.7. The molecule has 3 heterocycles. The van der Waals surface area contributed by atoms with Gasteiger partial charge in [-0.25, -0.2) is 15.0 Å². The topological polar surface area (TPSA) is 71.9 Å². The molecule has 0 N–H and O–H groups in total. The fourth-order valence-electron chi connectivity index (χ4n) is 2.26. The van der Waals surface area contributed by atoms with E-state index in [-0.39, 0.29) is 11.9 Å². The predicted octanol–water partition coefficient (Wildman–Crippen LogP) is 3.14. The van der Waals surface area contributed by atoms with E-state index < -0.39 is 0 Å². The molecule has 0 saturated carbocycles. The summed E-state index contributed by atoms with van der Waals surface area (Å²) in [5.41, 5.74) is 1.54. The Labute approximate surface area is 144 Å². The van der Waals surface area contributed by atoms with Gasteiger partial charge >= 0.3 is 0 Å². The normalized spacial score (nSPS) is 12.0. The molecule has 0 bridgehead atoms. The van der Waals surface area contributed by atoms with Gasteiger partial charge in [0.1, 0.15) is 4.88 Å². The van der Waals surface area contributed by atoms with Crippen LogP contribution in [0.3, 0.4) is 0 Å². The highest BCUT2D eigenvalue weighted by atomic mass is 32.1. The Bertz CT molecular complexity index is 835. The molecule has 0 aliphatic heterocycles. The molecule has 0 saturated heterocycles. The first kappa shape index (κ1) is 16.2. The molecule has 0 aliphatic carbocycles. The van der Waals surface area contributed by atoms with Gasteiger partial charge in [-0.3, -0.25) is 9.78 Å². The van der Waals surface area contributed by atoms with Crippen molar-refractivity contribution in [3.05, 3.63) is 59.1 Å². The van der Waals surface area contributed by atoms with E-state index in [1.54, 1.807) is 36.6 Å². The molecular weight excluding hydrogens is 322 g/mol. The fraction of sp³-hybridized carbons (Fsp3) is 0.235. The first-order chi connectivity index (χ1) is 11.6. The SMILES string of the molecule is Cc1nc(-c2ncccn2)sc1C(=O)N(C)[C@@H](C)c1ccccn1. The van der Waals surface area contributed by atoms with Crippen molar-refractivity contribution < 1.29 is 4.79 Å². The minimum absolute atomic E-state index is 0.0784. The maximum absolute atomic E-state index is 12.9. The average molecular weight is 339 g/mol. The summed E-state index contributed by atoms with van der Waals surface area (Å²) in [4.78, 5) is 32.3. The van der Waals surface area contributed by atoms with E-state index in [0.29, 0.717) is 21.4 Å². The lowest BCUT2D eigenvalue weighted by Crippen LogP contribution is -2.30. The number of aryl methyl sites for hydroxylation is 1. The number of rotatable bonds is 4. The zero-order valence-corrected chi connectivity index (χ0v) is 14.5. The molecule has 1 amide bonds. The van der Waals surface area contributed by atoms with Gasteiger partial charge in [0.05, 0.1) is 17.4 Å². The van der Waals surface area contributed by atoms with E-state index in [0.717, 1.165) is 5.69 Å². The fourth-order valence-corrected chi connectivity index (χ4v) is 3.25. The molecule has 6 nitrogen and oxygen atoms in total. The van der Waals surface area contributed by atoms with Gasteiger partial charge in [0.25, 0.3) is 5.91 Å². The summed E-state index contributed by atoms with van der Waals surface area (Å²) in [6, 6.07) is 7.31. The van der Waals surface area contributed by atoms with Crippen LogP contribution in [0, 0.1) is 6.92 Å². The van der Waals surface area contributed by atoms with Crippen LogP contribution >= 0.6 is 11.3 Å². The van der Waals surface area contributed by atoms with E-state index >= 15 is 0 Å². The number of hydrogen-bond acceptors (Lipinski definition) is 6. The second-order valence-electron chi connectivity index (χ2n) is 5.35. The number of thiazole rings is 1. The van der Waals surface area contributed by atoms with Gasteiger partial charge in [-0.1, -0.05) is 6.07 Å². The molecule has 0 unspecified atom stereocenters. The van der Waals surface area contributed by atoms with E-state index in [1.807, 2.05) is 32.0 Å². The van der Waals surface area contributed by atoms with Crippen molar-refractivity contribution in [1.29, 1.82) is 0 Å². The number of nitrogens with zero attached hydrogens (tertiary/aromatic N) is 5. The van der Waals surface area contributed by atoms with Crippen LogP contribution in [-0.2, 0) is 0 Å². The Kier molecular flexibility index (Phi) is 4.61.